The first-order valence-corrected chi connectivity index (χ1v) is 9.13. The Morgan fingerprint density at radius 1 is 1.09 bits per heavy atom. The largest absolute Gasteiger partial charge is 0.222 e. The van der Waals surface area contributed by atoms with Gasteiger partial charge in [0, 0.05) is 17.6 Å². The predicted molar refractivity (Wildman–Crippen MR) is 88.7 cm³/mol. The SMILES string of the molecule is CC1(C)CC(c2ccccc2)S(=O)(=O)N1Cc1ccccc1F. The molecule has 1 unspecified atom stereocenters. The summed E-state index contributed by atoms with van der Waals surface area (Å²) < 4.78 is 41.4. The summed E-state index contributed by atoms with van der Waals surface area (Å²) in [5.74, 6) is -0.373. The number of halogens is 1. The molecule has 1 atom stereocenters. The van der Waals surface area contributed by atoms with E-state index in [1.54, 1.807) is 18.2 Å². The normalized spacial score (nSPS) is 23.0. The average molecular weight is 333 g/mol. The molecule has 5 heteroatoms. The van der Waals surface area contributed by atoms with Crippen molar-refractivity contribution in [2.75, 3.05) is 0 Å². The van der Waals surface area contributed by atoms with Crippen LogP contribution in [0.4, 0.5) is 4.39 Å². The van der Waals surface area contributed by atoms with Gasteiger partial charge in [0.1, 0.15) is 11.1 Å². The van der Waals surface area contributed by atoms with Gasteiger partial charge in [-0.25, -0.2) is 12.8 Å². The standard InChI is InChI=1S/C18H20FNO2S/c1-18(2)12-17(14-8-4-3-5-9-14)23(21,22)20(18)13-15-10-6-7-11-16(15)19/h3-11,17H,12-13H2,1-2H3. The molecule has 2 aromatic carbocycles. The number of benzene rings is 2. The third kappa shape index (κ3) is 2.91. The molecular weight excluding hydrogens is 313 g/mol. The van der Waals surface area contributed by atoms with Gasteiger partial charge >= 0.3 is 0 Å². The summed E-state index contributed by atoms with van der Waals surface area (Å²) in [5.41, 5.74) is 0.635. The zero-order valence-corrected chi connectivity index (χ0v) is 14.1. The Bertz CT molecular complexity index is 803. The maximum absolute atomic E-state index is 13.9. The van der Waals surface area contributed by atoms with E-state index in [2.05, 4.69) is 0 Å². The van der Waals surface area contributed by atoms with Gasteiger partial charge < -0.3 is 0 Å². The summed E-state index contributed by atoms with van der Waals surface area (Å²) in [5, 5.41) is -0.578. The third-order valence-corrected chi connectivity index (χ3v) is 6.87. The minimum absolute atomic E-state index is 0.0609. The van der Waals surface area contributed by atoms with Gasteiger partial charge in [0.15, 0.2) is 0 Å². The fourth-order valence-corrected chi connectivity index (χ4v) is 5.71. The summed E-state index contributed by atoms with van der Waals surface area (Å²) in [6.45, 7) is 3.86. The molecule has 23 heavy (non-hydrogen) atoms. The molecule has 0 N–H and O–H groups in total. The number of hydrogen-bond donors (Lipinski definition) is 0. The Balaban J connectivity index is 1.99. The van der Waals surface area contributed by atoms with Crippen LogP contribution >= 0.6 is 0 Å². The van der Waals surface area contributed by atoms with Crippen molar-refractivity contribution in [1.29, 1.82) is 0 Å². The van der Waals surface area contributed by atoms with Crippen LogP contribution in [0.3, 0.4) is 0 Å². The van der Waals surface area contributed by atoms with Crippen molar-refractivity contribution < 1.29 is 12.8 Å². The van der Waals surface area contributed by atoms with Crippen molar-refractivity contribution in [2.24, 2.45) is 0 Å². The Morgan fingerprint density at radius 2 is 1.70 bits per heavy atom. The summed E-state index contributed by atoms with van der Waals surface area (Å²) in [6, 6.07) is 15.6. The lowest BCUT2D eigenvalue weighted by atomic mass is 9.95. The first-order chi connectivity index (χ1) is 10.8. The second-order valence-corrected chi connectivity index (χ2v) is 8.60. The molecule has 0 aromatic heterocycles. The molecule has 0 bridgehead atoms. The number of nitrogens with zero attached hydrogens (tertiary/aromatic N) is 1. The molecular formula is C18H20FNO2S. The first-order valence-electron chi connectivity index (χ1n) is 7.62. The highest BCUT2D eigenvalue weighted by Gasteiger charge is 2.50. The van der Waals surface area contributed by atoms with E-state index in [0.717, 1.165) is 5.56 Å². The van der Waals surface area contributed by atoms with E-state index < -0.39 is 20.8 Å². The van der Waals surface area contributed by atoms with Crippen LogP contribution in [0.1, 0.15) is 36.6 Å². The fraction of sp³-hybridized carbons (Fsp3) is 0.333. The van der Waals surface area contributed by atoms with Gasteiger partial charge in [-0.15, -0.1) is 0 Å². The first kappa shape index (κ1) is 16.1. The molecule has 1 aliphatic heterocycles. The number of rotatable bonds is 3. The van der Waals surface area contributed by atoms with Gasteiger partial charge in [0.25, 0.3) is 0 Å². The topological polar surface area (TPSA) is 37.4 Å². The van der Waals surface area contributed by atoms with Crippen LogP contribution in [0, 0.1) is 5.82 Å². The van der Waals surface area contributed by atoms with Gasteiger partial charge in [-0.05, 0) is 31.9 Å². The van der Waals surface area contributed by atoms with E-state index in [1.165, 1.54) is 10.4 Å². The van der Waals surface area contributed by atoms with Crippen LogP contribution in [0.15, 0.2) is 54.6 Å². The van der Waals surface area contributed by atoms with E-state index in [4.69, 9.17) is 0 Å². The van der Waals surface area contributed by atoms with E-state index in [1.807, 2.05) is 44.2 Å². The Morgan fingerprint density at radius 3 is 2.35 bits per heavy atom. The van der Waals surface area contributed by atoms with Crippen LogP contribution in [0.2, 0.25) is 0 Å². The highest BCUT2D eigenvalue weighted by Crippen LogP contribution is 2.45. The monoisotopic (exact) mass is 333 g/mol. The van der Waals surface area contributed by atoms with E-state index in [-0.39, 0.29) is 12.4 Å². The fourth-order valence-electron chi connectivity index (χ4n) is 3.20. The van der Waals surface area contributed by atoms with Crippen LogP contribution in [-0.2, 0) is 16.6 Å². The molecule has 3 rings (SSSR count). The minimum Gasteiger partial charge on any atom is -0.212 e. The lowest BCUT2D eigenvalue weighted by Gasteiger charge is -2.29. The molecule has 0 saturated carbocycles. The summed E-state index contributed by atoms with van der Waals surface area (Å²) >= 11 is 0. The number of hydrogen-bond acceptors (Lipinski definition) is 2. The van der Waals surface area contributed by atoms with Gasteiger partial charge in [-0.1, -0.05) is 48.5 Å². The molecule has 0 spiro atoms. The van der Waals surface area contributed by atoms with Crippen molar-refractivity contribution in [1.82, 2.24) is 4.31 Å². The molecule has 1 saturated heterocycles. The molecule has 0 amide bonds. The van der Waals surface area contributed by atoms with Crippen molar-refractivity contribution >= 4 is 10.0 Å². The van der Waals surface area contributed by atoms with Crippen LogP contribution < -0.4 is 0 Å². The quantitative estimate of drug-likeness (QED) is 0.855. The Labute approximate surface area is 136 Å². The molecule has 1 fully saturated rings. The van der Waals surface area contributed by atoms with E-state index >= 15 is 0 Å². The Hall–Kier alpha value is -1.72. The molecule has 1 aliphatic rings. The van der Waals surface area contributed by atoms with Crippen LogP contribution in [-0.4, -0.2) is 18.3 Å². The zero-order chi connectivity index (χ0) is 16.7. The summed E-state index contributed by atoms with van der Waals surface area (Å²) in [7, 11) is -3.54. The van der Waals surface area contributed by atoms with Gasteiger partial charge in [-0.2, -0.15) is 4.31 Å². The van der Waals surface area contributed by atoms with Gasteiger partial charge in [0.2, 0.25) is 10.0 Å². The maximum atomic E-state index is 13.9. The molecule has 2 aromatic rings. The van der Waals surface area contributed by atoms with Crippen molar-refractivity contribution in [3.8, 4) is 0 Å². The molecule has 122 valence electrons. The maximum Gasteiger partial charge on any atom is 0.222 e. The zero-order valence-electron chi connectivity index (χ0n) is 13.2. The lowest BCUT2D eigenvalue weighted by molar-refractivity contribution is 0.236. The van der Waals surface area contributed by atoms with Crippen molar-refractivity contribution in [3.63, 3.8) is 0 Å². The van der Waals surface area contributed by atoms with Gasteiger partial charge in [0.05, 0.1) is 0 Å². The molecule has 0 radical (unpaired) electrons. The second kappa shape index (κ2) is 5.73. The smallest absolute Gasteiger partial charge is 0.212 e. The Kier molecular flexibility index (Phi) is 4.02. The second-order valence-electron chi connectivity index (χ2n) is 6.56. The lowest BCUT2D eigenvalue weighted by Crippen LogP contribution is -2.40. The molecule has 3 nitrogen and oxygen atoms in total. The molecule has 1 heterocycles. The van der Waals surface area contributed by atoms with Crippen molar-refractivity contribution in [2.45, 2.75) is 37.6 Å². The average Bonchev–Trinajstić information content (AvgIpc) is 2.69. The summed E-state index contributed by atoms with van der Waals surface area (Å²) in [6.07, 6.45) is 0.494. The molecule has 0 aliphatic carbocycles. The van der Waals surface area contributed by atoms with E-state index in [9.17, 15) is 12.8 Å². The highest BCUT2D eigenvalue weighted by atomic mass is 32.2. The highest BCUT2D eigenvalue weighted by molar-refractivity contribution is 7.89. The minimum atomic E-state index is -3.54. The van der Waals surface area contributed by atoms with Crippen molar-refractivity contribution in [3.05, 3.63) is 71.5 Å². The van der Waals surface area contributed by atoms with Crippen LogP contribution in [0.5, 0.6) is 0 Å². The number of sulfonamides is 1. The van der Waals surface area contributed by atoms with Crippen LogP contribution in [0.25, 0.3) is 0 Å². The third-order valence-electron chi connectivity index (χ3n) is 4.47. The van der Waals surface area contributed by atoms with Gasteiger partial charge in [-0.3, -0.25) is 0 Å². The summed E-state index contributed by atoms with van der Waals surface area (Å²) in [4.78, 5) is 0. The van der Waals surface area contributed by atoms with E-state index in [0.29, 0.717) is 12.0 Å². The predicted octanol–water partition coefficient (Wildman–Crippen LogP) is 3.88.